The van der Waals surface area contributed by atoms with Crippen molar-refractivity contribution < 1.29 is 4.74 Å². The maximum absolute atomic E-state index is 5.80. The molecule has 0 unspecified atom stereocenters. The van der Waals surface area contributed by atoms with Gasteiger partial charge in [0.15, 0.2) is 5.82 Å². The third-order valence-electron chi connectivity index (χ3n) is 3.07. The molecule has 0 aliphatic carbocycles. The molecule has 0 aromatic carbocycles. The van der Waals surface area contributed by atoms with Crippen LogP contribution < -0.4 is 10.6 Å². The van der Waals surface area contributed by atoms with Gasteiger partial charge in [-0.05, 0) is 19.4 Å². The Morgan fingerprint density at radius 1 is 1.25 bits per heavy atom. The molecule has 1 fully saturated rings. The Bertz CT molecular complexity index is 374. The van der Waals surface area contributed by atoms with Crippen LogP contribution in [0.15, 0.2) is 0 Å². The van der Waals surface area contributed by atoms with Crippen molar-refractivity contribution in [3.8, 4) is 0 Å². The number of anilines is 1. The lowest BCUT2D eigenvalue weighted by molar-refractivity contribution is 0.122. The first-order valence-electron chi connectivity index (χ1n) is 5.59. The summed E-state index contributed by atoms with van der Waals surface area (Å²) in [6.45, 7) is 7.75. The highest BCUT2D eigenvalue weighted by molar-refractivity contribution is 5.50. The molecule has 0 radical (unpaired) electrons. The second kappa shape index (κ2) is 4.76. The first kappa shape index (κ1) is 11.3. The molecule has 88 valence electrons. The summed E-state index contributed by atoms with van der Waals surface area (Å²) in [5.74, 6) is 0.925. The monoisotopic (exact) mass is 222 g/mol. The van der Waals surface area contributed by atoms with Crippen molar-refractivity contribution in [3.63, 3.8) is 0 Å². The van der Waals surface area contributed by atoms with Crippen LogP contribution >= 0.6 is 0 Å². The van der Waals surface area contributed by atoms with Crippen LogP contribution in [0.4, 0.5) is 5.82 Å². The number of morpholine rings is 1. The van der Waals surface area contributed by atoms with Crippen LogP contribution in [-0.2, 0) is 11.3 Å². The van der Waals surface area contributed by atoms with Crippen molar-refractivity contribution in [2.24, 2.45) is 5.73 Å². The van der Waals surface area contributed by atoms with Crippen molar-refractivity contribution in [2.75, 3.05) is 31.2 Å². The van der Waals surface area contributed by atoms with E-state index >= 15 is 0 Å². The number of aryl methyl sites for hydroxylation is 1. The topological polar surface area (TPSA) is 64.3 Å². The Balaban J connectivity index is 2.35. The third-order valence-corrected chi connectivity index (χ3v) is 3.07. The Hall–Kier alpha value is -1.20. The first-order chi connectivity index (χ1) is 7.74. The van der Waals surface area contributed by atoms with Crippen molar-refractivity contribution in [2.45, 2.75) is 20.4 Å². The molecule has 1 saturated heterocycles. The second-order valence-corrected chi connectivity index (χ2v) is 4.02. The highest BCUT2D eigenvalue weighted by Crippen LogP contribution is 2.22. The fraction of sp³-hybridized carbons (Fsp3) is 0.636. The summed E-state index contributed by atoms with van der Waals surface area (Å²) in [6, 6.07) is 0. The summed E-state index contributed by atoms with van der Waals surface area (Å²) in [5.41, 5.74) is 9.02. The average Bonchev–Trinajstić information content (AvgIpc) is 2.33. The fourth-order valence-electron chi connectivity index (χ4n) is 1.92. The quantitative estimate of drug-likeness (QED) is 0.784. The van der Waals surface area contributed by atoms with Gasteiger partial charge in [0.05, 0.1) is 18.9 Å². The van der Waals surface area contributed by atoms with Gasteiger partial charge in [0.2, 0.25) is 0 Å². The molecule has 0 saturated carbocycles. The molecule has 1 aliphatic rings. The highest BCUT2D eigenvalue weighted by atomic mass is 16.5. The standard InChI is InChI=1S/C11H18N4O/c1-8-9(2)13-14-11(10(8)7-12)15-3-5-16-6-4-15/h3-7,12H2,1-2H3. The van der Waals surface area contributed by atoms with Crippen molar-refractivity contribution in [1.82, 2.24) is 10.2 Å². The summed E-state index contributed by atoms with van der Waals surface area (Å²) in [7, 11) is 0. The molecule has 2 rings (SSSR count). The van der Waals surface area contributed by atoms with E-state index in [0.717, 1.165) is 48.9 Å². The van der Waals surface area contributed by atoms with Crippen molar-refractivity contribution >= 4 is 5.82 Å². The summed E-state index contributed by atoms with van der Waals surface area (Å²) < 4.78 is 5.33. The smallest absolute Gasteiger partial charge is 0.156 e. The second-order valence-electron chi connectivity index (χ2n) is 4.02. The van der Waals surface area contributed by atoms with Crippen LogP contribution in [0.25, 0.3) is 0 Å². The predicted octanol–water partition coefficient (Wildman–Crippen LogP) is 0.389. The number of hydrogen-bond acceptors (Lipinski definition) is 5. The van der Waals surface area contributed by atoms with Crippen LogP contribution in [0.3, 0.4) is 0 Å². The summed E-state index contributed by atoms with van der Waals surface area (Å²) in [6.07, 6.45) is 0. The Labute approximate surface area is 95.6 Å². The van der Waals surface area contributed by atoms with Gasteiger partial charge in [-0.15, -0.1) is 5.10 Å². The van der Waals surface area contributed by atoms with Gasteiger partial charge in [-0.2, -0.15) is 5.10 Å². The average molecular weight is 222 g/mol. The number of nitrogens with zero attached hydrogens (tertiary/aromatic N) is 3. The SMILES string of the molecule is Cc1nnc(N2CCOCC2)c(CN)c1C. The summed E-state index contributed by atoms with van der Waals surface area (Å²) >= 11 is 0. The zero-order valence-electron chi connectivity index (χ0n) is 9.86. The number of nitrogens with two attached hydrogens (primary N) is 1. The van der Waals surface area contributed by atoms with E-state index in [2.05, 4.69) is 22.0 Å². The molecule has 0 spiro atoms. The van der Waals surface area contributed by atoms with Gasteiger partial charge >= 0.3 is 0 Å². The van der Waals surface area contributed by atoms with Crippen LogP contribution in [0.2, 0.25) is 0 Å². The van der Waals surface area contributed by atoms with E-state index in [1.54, 1.807) is 0 Å². The van der Waals surface area contributed by atoms with Gasteiger partial charge in [-0.1, -0.05) is 0 Å². The zero-order valence-corrected chi connectivity index (χ0v) is 9.86. The Kier molecular flexibility index (Phi) is 3.36. The minimum atomic E-state index is 0.509. The molecule has 1 aromatic rings. The molecule has 0 bridgehead atoms. The maximum atomic E-state index is 5.80. The number of aromatic nitrogens is 2. The Morgan fingerprint density at radius 2 is 1.94 bits per heavy atom. The molecule has 1 aromatic heterocycles. The lowest BCUT2D eigenvalue weighted by Gasteiger charge is -2.29. The van der Waals surface area contributed by atoms with Crippen LogP contribution in [-0.4, -0.2) is 36.5 Å². The number of hydrogen-bond donors (Lipinski definition) is 1. The van der Waals surface area contributed by atoms with Crippen molar-refractivity contribution in [3.05, 3.63) is 16.8 Å². The molecular weight excluding hydrogens is 204 g/mol. The Morgan fingerprint density at radius 3 is 2.56 bits per heavy atom. The summed E-state index contributed by atoms with van der Waals surface area (Å²) in [5, 5.41) is 8.45. The lowest BCUT2D eigenvalue weighted by atomic mass is 10.1. The molecule has 0 amide bonds. The van der Waals surface area contributed by atoms with Gasteiger partial charge in [-0.25, -0.2) is 0 Å². The summed E-state index contributed by atoms with van der Waals surface area (Å²) in [4.78, 5) is 2.20. The molecule has 16 heavy (non-hydrogen) atoms. The van der Waals surface area contributed by atoms with Crippen LogP contribution in [0, 0.1) is 13.8 Å². The van der Waals surface area contributed by atoms with Crippen LogP contribution in [0.1, 0.15) is 16.8 Å². The van der Waals surface area contributed by atoms with Gasteiger partial charge in [0, 0.05) is 25.2 Å². The first-order valence-corrected chi connectivity index (χ1v) is 5.59. The normalized spacial score (nSPS) is 16.6. The largest absolute Gasteiger partial charge is 0.378 e. The molecule has 1 aliphatic heterocycles. The van der Waals surface area contributed by atoms with Gasteiger partial charge in [0.25, 0.3) is 0 Å². The lowest BCUT2D eigenvalue weighted by Crippen LogP contribution is -2.38. The van der Waals surface area contributed by atoms with Crippen molar-refractivity contribution in [1.29, 1.82) is 0 Å². The molecule has 5 nitrogen and oxygen atoms in total. The van der Waals surface area contributed by atoms with Crippen LogP contribution in [0.5, 0.6) is 0 Å². The van der Waals surface area contributed by atoms with E-state index in [9.17, 15) is 0 Å². The van der Waals surface area contributed by atoms with Gasteiger partial charge < -0.3 is 15.4 Å². The van der Waals surface area contributed by atoms with E-state index in [1.165, 1.54) is 0 Å². The zero-order chi connectivity index (χ0) is 11.5. The number of rotatable bonds is 2. The predicted molar refractivity (Wildman–Crippen MR) is 62.4 cm³/mol. The third kappa shape index (κ3) is 2.01. The maximum Gasteiger partial charge on any atom is 0.156 e. The molecule has 0 atom stereocenters. The van der Waals surface area contributed by atoms with Gasteiger partial charge in [0.1, 0.15) is 0 Å². The minimum Gasteiger partial charge on any atom is -0.378 e. The van der Waals surface area contributed by atoms with E-state index in [0.29, 0.717) is 6.54 Å². The molecule has 2 heterocycles. The fourth-order valence-corrected chi connectivity index (χ4v) is 1.92. The van der Waals surface area contributed by atoms with E-state index < -0.39 is 0 Å². The number of ether oxygens (including phenoxy) is 1. The highest BCUT2D eigenvalue weighted by Gasteiger charge is 2.18. The molecule has 5 heteroatoms. The van der Waals surface area contributed by atoms with E-state index in [4.69, 9.17) is 10.5 Å². The molecular formula is C11H18N4O. The molecule has 2 N–H and O–H groups in total. The van der Waals surface area contributed by atoms with E-state index in [1.807, 2.05) is 6.92 Å². The minimum absolute atomic E-state index is 0.509. The van der Waals surface area contributed by atoms with E-state index in [-0.39, 0.29) is 0 Å². The van der Waals surface area contributed by atoms with Gasteiger partial charge in [-0.3, -0.25) is 0 Å².